The van der Waals surface area contributed by atoms with Crippen molar-refractivity contribution in [3.05, 3.63) is 54.1 Å². The van der Waals surface area contributed by atoms with Crippen LogP contribution in [0.4, 0.5) is 5.69 Å². The lowest BCUT2D eigenvalue weighted by atomic mass is 9.95. The first-order valence-electron chi connectivity index (χ1n) is 17.3. The summed E-state index contributed by atoms with van der Waals surface area (Å²) >= 11 is 0. The van der Waals surface area contributed by atoms with E-state index in [1.54, 1.807) is 19.1 Å². The highest BCUT2D eigenvalue weighted by molar-refractivity contribution is 6.00. The van der Waals surface area contributed by atoms with Gasteiger partial charge < -0.3 is 39.8 Å². The van der Waals surface area contributed by atoms with Crippen molar-refractivity contribution in [2.24, 2.45) is 0 Å². The minimum atomic E-state index is -0.159. The van der Waals surface area contributed by atoms with Crippen LogP contribution >= 0.6 is 0 Å². The molecule has 1 aromatic heterocycles. The number of anilines is 1. The van der Waals surface area contributed by atoms with E-state index < -0.39 is 0 Å². The molecule has 0 fully saturated rings. The van der Waals surface area contributed by atoms with Gasteiger partial charge in [0, 0.05) is 64.1 Å². The Morgan fingerprint density at radius 3 is 2.14 bits per heavy atom. The number of ether oxygens (including phenoxy) is 4. The molecule has 51 heavy (non-hydrogen) atoms. The molecule has 0 atom stereocenters. The molecule has 1 aliphatic heterocycles. The fraction of sp³-hybridized carbons (Fsp3) is 0.500. The lowest BCUT2D eigenvalue weighted by Gasteiger charge is -2.29. The number of nitrogens with zero attached hydrogens (tertiary/aromatic N) is 4. The molecule has 0 bridgehead atoms. The molecule has 3 aromatic rings. The number of carbonyl (C=O) groups excluding carboxylic acids is 4. The van der Waals surface area contributed by atoms with Crippen LogP contribution in [0.25, 0.3) is 22.5 Å². The molecule has 1 aliphatic rings. The smallest absolute Gasteiger partial charge is 0.229 e. The number of amides is 4. The lowest BCUT2D eigenvalue weighted by molar-refractivity contribution is -0.123. The Morgan fingerprint density at radius 1 is 0.725 bits per heavy atom. The van der Waals surface area contributed by atoms with Gasteiger partial charge in [-0.15, -0.1) is 5.10 Å². The van der Waals surface area contributed by atoms with Gasteiger partial charge in [-0.1, -0.05) is 47.7 Å². The molecule has 3 N–H and O–H groups in total. The Kier molecular flexibility index (Phi) is 16.5. The van der Waals surface area contributed by atoms with Gasteiger partial charge in [-0.2, -0.15) is 0 Å². The number of methoxy groups -OCH3 is 1. The summed E-state index contributed by atoms with van der Waals surface area (Å²) in [5, 5.41) is 17.2. The molecular formula is C36H49N7O8. The van der Waals surface area contributed by atoms with Gasteiger partial charge >= 0.3 is 0 Å². The first kappa shape index (κ1) is 39.1. The molecule has 0 saturated carbocycles. The highest BCUT2D eigenvalue weighted by Gasteiger charge is 2.29. The van der Waals surface area contributed by atoms with Crippen LogP contribution in [0.5, 0.6) is 0 Å². The third kappa shape index (κ3) is 12.2. The number of carbonyl (C=O) groups is 4. The van der Waals surface area contributed by atoms with Gasteiger partial charge in [-0.3, -0.25) is 19.2 Å². The van der Waals surface area contributed by atoms with Crippen molar-refractivity contribution in [2.75, 3.05) is 78.4 Å². The molecule has 0 unspecified atom stereocenters. The second-order valence-electron chi connectivity index (χ2n) is 11.7. The van der Waals surface area contributed by atoms with Crippen molar-refractivity contribution in [3.8, 4) is 22.5 Å². The van der Waals surface area contributed by atoms with E-state index in [1.807, 2.05) is 53.2 Å². The Morgan fingerprint density at radius 2 is 1.37 bits per heavy atom. The monoisotopic (exact) mass is 707 g/mol. The maximum Gasteiger partial charge on any atom is 0.229 e. The van der Waals surface area contributed by atoms with Gasteiger partial charge in [0.25, 0.3) is 0 Å². The van der Waals surface area contributed by atoms with E-state index in [4.69, 9.17) is 18.9 Å². The van der Waals surface area contributed by atoms with E-state index in [0.717, 1.165) is 33.8 Å². The summed E-state index contributed by atoms with van der Waals surface area (Å²) in [4.78, 5) is 50.5. The summed E-state index contributed by atoms with van der Waals surface area (Å²) in [6, 6.07) is 15.6. The number of rotatable bonds is 22. The van der Waals surface area contributed by atoms with Gasteiger partial charge in [0.05, 0.1) is 70.7 Å². The molecule has 0 aliphatic carbocycles. The highest BCUT2D eigenvalue weighted by atomic mass is 16.5. The first-order chi connectivity index (χ1) is 24.9. The van der Waals surface area contributed by atoms with Crippen LogP contribution < -0.4 is 20.9 Å². The van der Waals surface area contributed by atoms with Crippen molar-refractivity contribution in [2.45, 2.75) is 45.2 Å². The molecule has 4 rings (SSSR count). The maximum atomic E-state index is 13.7. The van der Waals surface area contributed by atoms with Gasteiger partial charge in [-0.05, 0) is 18.1 Å². The normalized spacial score (nSPS) is 11.8. The van der Waals surface area contributed by atoms with E-state index in [1.165, 1.54) is 0 Å². The van der Waals surface area contributed by atoms with Crippen molar-refractivity contribution in [1.82, 2.24) is 30.9 Å². The Hall–Kier alpha value is -4.70. The molecule has 276 valence electrons. The lowest BCUT2D eigenvalue weighted by Crippen LogP contribution is -2.35. The van der Waals surface area contributed by atoms with Crippen molar-refractivity contribution < 1.29 is 38.1 Å². The van der Waals surface area contributed by atoms with Gasteiger partial charge in [0.15, 0.2) is 0 Å². The first-order valence-corrected chi connectivity index (χ1v) is 17.3. The largest absolute Gasteiger partial charge is 0.384 e. The average molecular weight is 708 g/mol. The second kappa shape index (κ2) is 21.5. The summed E-state index contributed by atoms with van der Waals surface area (Å²) in [6.45, 7) is 4.02. The number of nitrogens with one attached hydrogen (secondary N) is 3. The number of benzene rings is 2. The van der Waals surface area contributed by atoms with Crippen LogP contribution in [0.2, 0.25) is 0 Å². The third-order valence-electron chi connectivity index (χ3n) is 8.13. The van der Waals surface area contributed by atoms with Crippen molar-refractivity contribution in [3.63, 3.8) is 0 Å². The number of aromatic nitrogens is 3. The third-order valence-corrected chi connectivity index (χ3v) is 8.13. The molecule has 2 heterocycles. The molecular weight excluding hydrogens is 658 g/mol. The Labute approximate surface area is 298 Å². The van der Waals surface area contributed by atoms with Crippen LogP contribution in [0.1, 0.15) is 37.7 Å². The number of fused-ring (bicyclic) bond motifs is 5. The van der Waals surface area contributed by atoms with Gasteiger partial charge in [0.1, 0.15) is 5.69 Å². The second-order valence-corrected chi connectivity index (χ2v) is 11.7. The molecule has 2 aromatic carbocycles. The van der Waals surface area contributed by atoms with Crippen LogP contribution in [0.3, 0.4) is 0 Å². The minimum Gasteiger partial charge on any atom is -0.384 e. The van der Waals surface area contributed by atoms with Crippen LogP contribution in [0.15, 0.2) is 48.5 Å². The standard InChI is InChI=1S/C36H49N7O8/c1-37-31(44)12-7-13-32(45)39-17-20-49-22-24-51-25-23-50-21-18-43-36-29-10-5-6-11-30(29)42(34(47)14-16-38-33(46)15-19-48-2)26-27-8-3-4-9-28(27)35(36)40-41-43/h3-6,8-11H,7,12-26H2,1-2H3,(H,37,44)(H,38,46)(H,39,45). The number of hydrogen-bond donors (Lipinski definition) is 3. The van der Waals surface area contributed by atoms with Crippen LogP contribution in [0, 0.1) is 0 Å². The van der Waals surface area contributed by atoms with Gasteiger partial charge in [0.2, 0.25) is 23.6 Å². The average Bonchev–Trinajstić information content (AvgIpc) is 3.55. The summed E-state index contributed by atoms with van der Waals surface area (Å²) < 4.78 is 23.7. The SMILES string of the molecule is CNC(=O)CCCC(=O)NCCOCCOCCOCCn1nnc2c1-c1ccccc1N(C(=O)CCNC(=O)CCOC)Cc1ccccc1-2. The fourth-order valence-electron chi connectivity index (χ4n) is 5.50. The molecule has 4 amide bonds. The Bertz CT molecular complexity index is 1580. The van der Waals surface area contributed by atoms with Crippen LogP contribution in [-0.4, -0.2) is 112 Å². The van der Waals surface area contributed by atoms with E-state index >= 15 is 0 Å². The molecule has 15 heteroatoms. The van der Waals surface area contributed by atoms with Crippen molar-refractivity contribution in [1.29, 1.82) is 0 Å². The topological polar surface area (TPSA) is 175 Å². The summed E-state index contributed by atoms with van der Waals surface area (Å²) in [5.74, 6) is -0.452. The number of hydrogen-bond acceptors (Lipinski definition) is 10. The minimum absolute atomic E-state index is 0.0766. The van der Waals surface area contributed by atoms with Crippen LogP contribution in [-0.2, 0) is 51.2 Å². The van der Waals surface area contributed by atoms with Gasteiger partial charge in [-0.25, -0.2) is 4.68 Å². The zero-order valence-corrected chi connectivity index (χ0v) is 29.5. The van der Waals surface area contributed by atoms with E-state index in [9.17, 15) is 19.2 Å². The van der Waals surface area contributed by atoms with E-state index in [2.05, 4.69) is 26.3 Å². The molecule has 0 radical (unpaired) electrons. The summed E-state index contributed by atoms with van der Waals surface area (Å²) in [7, 11) is 3.12. The summed E-state index contributed by atoms with van der Waals surface area (Å²) in [6.07, 6.45) is 1.52. The predicted molar refractivity (Wildman–Crippen MR) is 190 cm³/mol. The quantitative estimate of drug-likeness (QED) is 0.131. The highest BCUT2D eigenvalue weighted by Crippen LogP contribution is 2.41. The zero-order chi connectivity index (χ0) is 36.3. The molecule has 15 nitrogen and oxygen atoms in total. The Balaban J connectivity index is 1.25. The fourth-order valence-corrected chi connectivity index (χ4v) is 5.50. The maximum absolute atomic E-state index is 13.7. The van der Waals surface area contributed by atoms with E-state index in [-0.39, 0.29) is 43.0 Å². The van der Waals surface area contributed by atoms with Crippen molar-refractivity contribution >= 4 is 29.3 Å². The summed E-state index contributed by atoms with van der Waals surface area (Å²) in [5.41, 5.74) is 4.93. The zero-order valence-electron chi connectivity index (χ0n) is 29.5. The van der Waals surface area contributed by atoms with E-state index in [0.29, 0.717) is 85.1 Å². The molecule has 0 spiro atoms. The molecule has 0 saturated heterocycles. The predicted octanol–water partition coefficient (Wildman–Crippen LogP) is 2.08. The number of para-hydroxylation sites is 1.